The molecule has 2 aromatic carbocycles. The Bertz CT molecular complexity index is 689. The first kappa shape index (κ1) is 19.7. The Morgan fingerprint density at radius 1 is 0.429 bits per heavy atom. The monoisotopic (exact) mass is 374 g/mol. The van der Waals surface area contributed by atoms with Crippen LogP contribution >= 0.6 is 0 Å². The third-order valence-electron chi connectivity index (χ3n) is 7.01. The van der Waals surface area contributed by atoms with Crippen LogP contribution in [0.2, 0.25) is 0 Å². The van der Waals surface area contributed by atoms with Crippen molar-refractivity contribution in [2.24, 2.45) is 0 Å². The number of rotatable bonds is 11. The maximum absolute atomic E-state index is 2.49. The maximum atomic E-state index is 2.49. The highest BCUT2D eigenvalue weighted by molar-refractivity contribution is 5.36. The van der Waals surface area contributed by atoms with E-state index in [4.69, 9.17) is 0 Å². The van der Waals surface area contributed by atoms with Gasteiger partial charge in [-0.3, -0.25) is 0 Å². The molecule has 0 unspecified atom stereocenters. The first-order valence-electron chi connectivity index (χ1n) is 12.1. The smallest absolute Gasteiger partial charge is 0.0273 e. The highest BCUT2D eigenvalue weighted by Crippen LogP contribution is 2.25. The third kappa shape index (κ3) is 5.49. The summed E-state index contributed by atoms with van der Waals surface area (Å²) in [6.45, 7) is 0. The number of unbranched alkanes of at least 4 members (excludes halogenated alkanes) is 7. The van der Waals surface area contributed by atoms with E-state index < -0.39 is 0 Å². The highest BCUT2D eigenvalue weighted by atomic mass is 14.2. The van der Waals surface area contributed by atoms with Gasteiger partial charge < -0.3 is 0 Å². The minimum atomic E-state index is 1.29. The van der Waals surface area contributed by atoms with Gasteiger partial charge in [-0.1, -0.05) is 74.9 Å². The van der Waals surface area contributed by atoms with Crippen molar-refractivity contribution >= 4 is 0 Å². The van der Waals surface area contributed by atoms with E-state index in [1.165, 1.54) is 103 Å². The standard InChI is InChI=1S/C28H38/c1(3-5-7-11-23-17-19-25-13-9-15-27(25)21-23)2-4-6-8-12-24-18-20-26-14-10-16-28(26)22-24/h17-22H,1-16H2. The van der Waals surface area contributed by atoms with Crippen LogP contribution in [0.25, 0.3) is 0 Å². The van der Waals surface area contributed by atoms with E-state index in [2.05, 4.69) is 36.4 Å². The fourth-order valence-corrected chi connectivity index (χ4v) is 5.28. The summed E-state index contributed by atoms with van der Waals surface area (Å²) in [5.41, 5.74) is 9.65. The SMILES string of the molecule is c1cc2c(cc1CCCCCCCCCCc1ccc3c(c1)CCC3)CCC2. The molecule has 0 radical (unpaired) electrons. The molecule has 0 bridgehead atoms. The van der Waals surface area contributed by atoms with E-state index in [1.54, 1.807) is 33.4 Å². The van der Waals surface area contributed by atoms with Crippen LogP contribution in [-0.2, 0) is 38.5 Å². The van der Waals surface area contributed by atoms with Gasteiger partial charge in [-0.05, 0) is 97.6 Å². The summed E-state index contributed by atoms with van der Waals surface area (Å²) in [6, 6.07) is 14.5. The van der Waals surface area contributed by atoms with Crippen molar-refractivity contribution in [1.82, 2.24) is 0 Å². The van der Waals surface area contributed by atoms with Gasteiger partial charge in [0.25, 0.3) is 0 Å². The van der Waals surface area contributed by atoms with Gasteiger partial charge in [0.15, 0.2) is 0 Å². The molecule has 0 saturated carbocycles. The van der Waals surface area contributed by atoms with Crippen molar-refractivity contribution < 1.29 is 0 Å². The average molecular weight is 375 g/mol. The Hall–Kier alpha value is -1.56. The fourth-order valence-electron chi connectivity index (χ4n) is 5.28. The Morgan fingerprint density at radius 2 is 0.821 bits per heavy atom. The van der Waals surface area contributed by atoms with Crippen molar-refractivity contribution in [1.29, 1.82) is 0 Å². The second-order valence-corrected chi connectivity index (χ2v) is 9.24. The molecule has 0 saturated heterocycles. The van der Waals surface area contributed by atoms with Crippen LogP contribution in [-0.4, -0.2) is 0 Å². The van der Waals surface area contributed by atoms with Crippen LogP contribution < -0.4 is 0 Å². The van der Waals surface area contributed by atoms with Crippen molar-refractivity contribution in [3.05, 3.63) is 69.8 Å². The normalized spacial score (nSPS) is 15.0. The molecule has 0 N–H and O–H groups in total. The largest absolute Gasteiger partial charge is 0.0588 e. The van der Waals surface area contributed by atoms with Crippen molar-refractivity contribution in [2.45, 2.75) is 103 Å². The fraction of sp³-hybridized carbons (Fsp3) is 0.571. The predicted octanol–water partition coefficient (Wildman–Crippen LogP) is 7.57. The summed E-state index contributed by atoms with van der Waals surface area (Å²) in [6.07, 6.45) is 21.8. The summed E-state index contributed by atoms with van der Waals surface area (Å²) in [5, 5.41) is 0. The van der Waals surface area contributed by atoms with E-state index in [1.807, 2.05) is 0 Å². The molecule has 28 heavy (non-hydrogen) atoms. The quantitative estimate of drug-likeness (QED) is 0.356. The molecule has 0 heteroatoms. The van der Waals surface area contributed by atoms with Crippen LogP contribution in [0.3, 0.4) is 0 Å². The first-order valence-corrected chi connectivity index (χ1v) is 12.1. The lowest BCUT2D eigenvalue weighted by Gasteiger charge is -2.06. The van der Waals surface area contributed by atoms with E-state index in [0.29, 0.717) is 0 Å². The molecule has 150 valence electrons. The minimum absolute atomic E-state index is 1.29. The second-order valence-electron chi connectivity index (χ2n) is 9.24. The number of fused-ring (bicyclic) bond motifs is 2. The predicted molar refractivity (Wildman–Crippen MR) is 121 cm³/mol. The zero-order valence-electron chi connectivity index (χ0n) is 17.8. The number of aryl methyl sites for hydroxylation is 6. The van der Waals surface area contributed by atoms with Gasteiger partial charge in [0.05, 0.1) is 0 Å². The highest BCUT2D eigenvalue weighted by Gasteiger charge is 2.11. The van der Waals surface area contributed by atoms with Crippen molar-refractivity contribution in [2.75, 3.05) is 0 Å². The van der Waals surface area contributed by atoms with Gasteiger partial charge in [-0.25, -0.2) is 0 Å². The summed E-state index contributed by atoms with van der Waals surface area (Å²) in [7, 11) is 0. The molecule has 2 aromatic rings. The molecule has 0 heterocycles. The topological polar surface area (TPSA) is 0 Å². The van der Waals surface area contributed by atoms with Crippen molar-refractivity contribution in [3.63, 3.8) is 0 Å². The van der Waals surface area contributed by atoms with Crippen LogP contribution in [0.1, 0.15) is 97.6 Å². The lowest BCUT2D eigenvalue weighted by atomic mass is 10.00. The second kappa shape index (κ2) is 10.3. The summed E-state index contributed by atoms with van der Waals surface area (Å²) in [5.74, 6) is 0. The van der Waals surface area contributed by atoms with Gasteiger partial charge in [0.2, 0.25) is 0 Å². The molecule has 0 aromatic heterocycles. The average Bonchev–Trinajstić information content (AvgIpc) is 3.37. The molecular weight excluding hydrogens is 336 g/mol. The van der Waals surface area contributed by atoms with Crippen LogP contribution in [0.5, 0.6) is 0 Å². The molecule has 0 atom stereocenters. The maximum Gasteiger partial charge on any atom is -0.0273 e. The van der Waals surface area contributed by atoms with Gasteiger partial charge >= 0.3 is 0 Å². The molecule has 0 fully saturated rings. The van der Waals surface area contributed by atoms with Crippen molar-refractivity contribution in [3.8, 4) is 0 Å². The molecule has 0 spiro atoms. The Kier molecular flexibility index (Phi) is 7.25. The van der Waals surface area contributed by atoms with Gasteiger partial charge in [-0.2, -0.15) is 0 Å². The molecule has 0 nitrogen and oxygen atoms in total. The Morgan fingerprint density at radius 3 is 1.29 bits per heavy atom. The van der Waals surface area contributed by atoms with Crippen LogP contribution in [0, 0.1) is 0 Å². The summed E-state index contributed by atoms with van der Waals surface area (Å²) >= 11 is 0. The Balaban J connectivity index is 1.01. The van der Waals surface area contributed by atoms with E-state index in [0.717, 1.165) is 0 Å². The summed E-state index contributed by atoms with van der Waals surface area (Å²) < 4.78 is 0. The summed E-state index contributed by atoms with van der Waals surface area (Å²) in [4.78, 5) is 0. The molecule has 0 aliphatic heterocycles. The van der Waals surface area contributed by atoms with Gasteiger partial charge in [-0.15, -0.1) is 0 Å². The van der Waals surface area contributed by atoms with Crippen LogP contribution in [0.15, 0.2) is 36.4 Å². The minimum Gasteiger partial charge on any atom is -0.0588 e. The van der Waals surface area contributed by atoms with Gasteiger partial charge in [0.1, 0.15) is 0 Å². The first-order chi connectivity index (χ1) is 13.9. The van der Waals surface area contributed by atoms with Gasteiger partial charge in [0, 0.05) is 0 Å². The Labute approximate surface area is 172 Å². The lowest BCUT2D eigenvalue weighted by molar-refractivity contribution is 0.567. The number of hydrogen-bond donors (Lipinski definition) is 0. The third-order valence-corrected chi connectivity index (χ3v) is 7.01. The zero-order chi connectivity index (χ0) is 19.0. The number of benzene rings is 2. The molecule has 2 aliphatic carbocycles. The molecule has 2 aliphatic rings. The van der Waals surface area contributed by atoms with E-state index in [9.17, 15) is 0 Å². The van der Waals surface area contributed by atoms with Crippen LogP contribution in [0.4, 0.5) is 0 Å². The number of hydrogen-bond acceptors (Lipinski definition) is 0. The van der Waals surface area contributed by atoms with E-state index >= 15 is 0 Å². The molecular formula is C28H38. The molecule has 0 amide bonds. The lowest BCUT2D eigenvalue weighted by Crippen LogP contribution is -1.91. The van der Waals surface area contributed by atoms with E-state index in [-0.39, 0.29) is 0 Å². The zero-order valence-corrected chi connectivity index (χ0v) is 17.8. The molecule has 4 rings (SSSR count).